The van der Waals surface area contributed by atoms with Gasteiger partial charge in [0.05, 0.1) is 5.75 Å². The first-order valence-corrected chi connectivity index (χ1v) is 9.04. The van der Waals surface area contributed by atoms with Crippen LogP contribution in [0.4, 0.5) is 14.5 Å². The fourth-order valence-electron chi connectivity index (χ4n) is 2.17. The van der Waals surface area contributed by atoms with Crippen LogP contribution in [-0.2, 0) is 26.3 Å². The molecule has 0 aliphatic heterocycles. The average Bonchev–Trinajstić information content (AvgIpc) is 2.48. The first-order chi connectivity index (χ1) is 11.1. The van der Waals surface area contributed by atoms with E-state index in [4.69, 9.17) is 0 Å². The first kappa shape index (κ1) is 18.0. The fourth-order valence-corrected chi connectivity index (χ4v) is 2.99. The molecule has 1 amide bonds. The van der Waals surface area contributed by atoms with Gasteiger partial charge < -0.3 is 5.32 Å². The quantitative estimate of drug-likeness (QED) is 0.896. The van der Waals surface area contributed by atoms with Crippen LogP contribution in [0.15, 0.2) is 42.6 Å². The third-order valence-corrected chi connectivity index (χ3v) is 4.11. The van der Waals surface area contributed by atoms with E-state index in [-0.39, 0.29) is 22.6 Å². The molecule has 0 saturated carbocycles. The van der Waals surface area contributed by atoms with Gasteiger partial charge in [0, 0.05) is 18.1 Å². The standard InChI is InChI=1S/C16H16F2N2O3S/c1-11-6-5-9-19-14(11)16(17,18)15(21)20-13-8-4-3-7-12(13)10-24(2,22)23/h3-9H,10H2,1-2H3,(H,20,21). The number of hydrogen-bond donors (Lipinski definition) is 1. The largest absolute Gasteiger partial charge is 0.366 e. The molecular formula is C16H16F2N2O3S. The van der Waals surface area contributed by atoms with Crippen molar-refractivity contribution in [3.05, 3.63) is 59.4 Å². The topological polar surface area (TPSA) is 76.1 Å². The molecule has 0 saturated heterocycles. The summed E-state index contributed by atoms with van der Waals surface area (Å²) in [6.45, 7) is 1.43. The summed E-state index contributed by atoms with van der Waals surface area (Å²) in [5, 5.41) is 2.11. The van der Waals surface area contributed by atoms with Gasteiger partial charge in [-0.25, -0.2) is 8.42 Å². The van der Waals surface area contributed by atoms with Crippen LogP contribution in [0, 0.1) is 6.92 Å². The van der Waals surface area contributed by atoms with Crippen LogP contribution >= 0.6 is 0 Å². The Bertz CT molecular complexity index is 867. The number of rotatable bonds is 5. The lowest BCUT2D eigenvalue weighted by Crippen LogP contribution is -2.34. The van der Waals surface area contributed by atoms with Crippen LogP contribution in [-0.4, -0.2) is 25.6 Å². The van der Waals surface area contributed by atoms with Crippen LogP contribution in [0.1, 0.15) is 16.8 Å². The molecule has 1 aromatic carbocycles. The van der Waals surface area contributed by atoms with Crippen LogP contribution in [0.3, 0.4) is 0 Å². The second kappa shape index (κ2) is 6.64. The lowest BCUT2D eigenvalue weighted by molar-refractivity contribution is -0.141. The molecule has 0 fully saturated rings. The van der Waals surface area contributed by atoms with Crippen molar-refractivity contribution in [3.8, 4) is 0 Å². The van der Waals surface area contributed by atoms with Crippen molar-refractivity contribution in [1.82, 2.24) is 4.98 Å². The number of carbonyl (C=O) groups excluding carboxylic acids is 1. The second-order valence-electron chi connectivity index (χ2n) is 5.42. The van der Waals surface area contributed by atoms with Crippen LogP contribution < -0.4 is 5.32 Å². The summed E-state index contributed by atoms with van der Waals surface area (Å²) in [5.41, 5.74) is -0.187. The van der Waals surface area contributed by atoms with E-state index in [1.165, 1.54) is 43.5 Å². The van der Waals surface area contributed by atoms with Crippen molar-refractivity contribution in [2.24, 2.45) is 0 Å². The molecular weight excluding hydrogens is 338 g/mol. The highest BCUT2D eigenvalue weighted by molar-refractivity contribution is 7.89. The van der Waals surface area contributed by atoms with E-state index in [1.54, 1.807) is 6.07 Å². The van der Waals surface area contributed by atoms with Gasteiger partial charge in [-0.15, -0.1) is 0 Å². The molecule has 1 aromatic heterocycles. The third-order valence-electron chi connectivity index (χ3n) is 3.28. The first-order valence-electron chi connectivity index (χ1n) is 6.98. The summed E-state index contributed by atoms with van der Waals surface area (Å²) < 4.78 is 51.6. The second-order valence-corrected chi connectivity index (χ2v) is 7.56. The van der Waals surface area contributed by atoms with Crippen LogP contribution in [0.25, 0.3) is 0 Å². The number of amides is 1. The minimum absolute atomic E-state index is 0.0289. The highest BCUT2D eigenvalue weighted by atomic mass is 32.2. The molecule has 0 unspecified atom stereocenters. The zero-order valence-corrected chi connectivity index (χ0v) is 13.9. The molecule has 0 atom stereocenters. The number of aromatic nitrogens is 1. The zero-order valence-electron chi connectivity index (χ0n) is 13.1. The molecule has 5 nitrogen and oxygen atoms in total. The van der Waals surface area contributed by atoms with E-state index in [2.05, 4.69) is 10.3 Å². The maximum atomic E-state index is 14.4. The number of sulfone groups is 1. The number of nitrogens with zero attached hydrogens (tertiary/aromatic N) is 1. The number of pyridine rings is 1. The fraction of sp³-hybridized carbons (Fsp3) is 0.250. The van der Waals surface area contributed by atoms with Crippen molar-refractivity contribution in [3.63, 3.8) is 0 Å². The molecule has 8 heteroatoms. The summed E-state index contributed by atoms with van der Waals surface area (Å²) in [5.74, 6) is -5.77. The molecule has 0 aliphatic carbocycles. The van der Waals surface area contributed by atoms with Crippen molar-refractivity contribution < 1.29 is 22.0 Å². The summed E-state index contributed by atoms with van der Waals surface area (Å²) in [6, 6.07) is 8.85. The highest BCUT2D eigenvalue weighted by Crippen LogP contribution is 2.31. The molecule has 2 rings (SSSR count). The molecule has 2 aromatic rings. The maximum Gasteiger partial charge on any atom is 0.366 e. The lowest BCUT2D eigenvalue weighted by atomic mass is 10.1. The molecule has 1 heterocycles. The Morgan fingerprint density at radius 2 is 1.88 bits per heavy atom. The van der Waals surface area contributed by atoms with E-state index in [9.17, 15) is 22.0 Å². The normalized spacial score (nSPS) is 12.0. The van der Waals surface area contributed by atoms with Crippen molar-refractivity contribution in [2.75, 3.05) is 11.6 Å². The highest BCUT2D eigenvalue weighted by Gasteiger charge is 2.43. The van der Waals surface area contributed by atoms with Gasteiger partial charge in [-0.05, 0) is 30.2 Å². The number of aryl methyl sites for hydroxylation is 1. The predicted octanol–water partition coefficient (Wildman–Crippen LogP) is 2.67. The lowest BCUT2D eigenvalue weighted by Gasteiger charge is -2.18. The Morgan fingerprint density at radius 1 is 1.21 bits per heavy atom. The van der Waals surface area contributed by atoms with Crippen molar-refractivity contribution in [2.45, 2.75) is 18.6 Å². The van der Waals surface area contributed by atoms with Crippen LogP contribution in [0.5, 0.6) is 0 Å². The molecule has 1 N–H and O–H groups in total. The molecule has 0 bridgehead atoms. The number of anilines is 1. The number of hydrogen-bond acceptors (Lipinski definition) is 4. The SMILES string of the molecule is Cc1cccnc1C(F)(F)C(=O)Nc1ccccc1CS(C)(=O)=O. The maximum absolute atomic E-state index is 14.4. The third kappa shape index (κ3) is 4.14. The van der Waals surface area contributed by atoms with Crippen LogP contribution in [0.2, 0.25) is 0 Å². The van der Waals surface area contributed by atoms with E-state index in [0.717, 1.165) is 6.26 Å². The minimum Gasteiger partial charge on any atom is -0.320 e. The van der Waals surface area contributed by atoms with E-state index < -0.39 is 27.4 Å². The van der Waals surface area contributed by atoms with Crippen molar-refractivity contribution in [1.29, 1.82) is 0 Å². The Balaban J connectivity index is 2.32. The Labute approximate surface area is 138 Å². The zero-order chi connectivity index (χ0) is 18.0. The van der Waals surface area contributed by atoms with Gasteiger partial charge in [-0.1, -0.05) is 24.3 Å². The van der Waals surface area contributed by atoms with E-state index >= 15 is 0 Å². The summed E-state index contributed by atoms with van der Waals surface area (Å²) >= 11 is 0. The number of halogens is 2. The Kier molecular flexibility index (Phi) is 4.98. The summed E-state index contributed by atoms with van der Waals surface area (Å²) in [7, 11) is -3.38. The predicted molar refractivity (Wildman–Crippen MR) is 86.5 cm³/mol. The average molecular weight is 354 g/mol. The number of alkyl halides is 2. The molecule has 0 aliphatic rings. The monoisotopic (exact) mass is 354 g/mol. The molecule has 24 heavy (non-hydrogen) atoms. The van der Waals surface area contributed by atoms with Gasteiger partial charge in [0.1, 0.15) is 5.69 Å². The Hall–Kier alpha value is -2.35. The van der Waals surface area contributed by atoms with Gasteiger partial charge in [-0.2, -0.15) is 8.78 Å². The number of para-hydroxylation sites is 1. The smallest absolute Gasteiger partial charge is 0.320 e. The molecule has 128 valence electrons. The Morgan fingerprint density at radius 3 is 2.50 bits per heavy atom. The minimum atomic E-state index is -3.84. The summed E-state index contributed by atoms with van der Waals surface area (Å²) in [6.07, 6.45) is 2.21. The van der Waals surface area contributed by atoms with Crippen molar-refractivity contribution >= 4 is 21.4 Å². The molecule has 0 radical (unpaired) electrons. The number of benzene rings is 1. The van der Waals surface area contributed by atoms with Gasteiger partial charge in [-0.3, -0.25) is 9.78 Å². The number of nitrogens with one attached hydrogen (secondary N) is 1. The summed E-state index contributed by atoms with van der Waals surface area (Å²) in [4.78, 5) is 15.6. The van der Waals surface area contributed by atoms with E-state index in [1.807, 2.05) is 0 Å². The number of carbonyl (C=O) groups is 1. The molecule has 0 spiro atoms. The van der Waals surface area contributed by atoms with Gasteiger partial charge in [0.15, 0.2) is 9.84 Å². The van der Waals surface area contributed by atoms with E-state index in [0.29, 0.717) is 0 Å². The van der Waals surface area contributed by atoms with Gasteiger partial charge in [0.25, 0.3) is 0 Å². The van der Waals surface area contributed by atoms with Gasteiger partial charge in [0.2, 0.25) is 0 Å². The van der Waals surface area contributed by atoms with Gasteiger partial charge >= 0.3 is 11.8 Å².